The normalized spacial score (nSPS) is 10.2. The Kier molecular flexibility index (Phi) is 2.75. The smallest absolute Gasteiger partial charge is 0.0901 e. The number of nitrogens with zero attached hydrogens (tertiary/aromatic N) is 4. The summed E-state index contributed by atoms with van der Waals surface area (Å²) in [5, 5.41) is 0. The molecule has 0 radical (unpaired) electrons. The van der Waals surface area contributed by atoms with Gasteiger partial charge in [-0.15, -0.1) is 0 Å². The summed E-state index contributed by atoms with van der Waals surface area (Å²) in [6.45, 7) is 0. The van der Waals surface area contributed by atoms with Crippen LogP contribution >= 0.6 is 0 Å². The molecule has 0 N–H and O–H groups in total. The van der Waals surface area contributed by atoms with Crippen molar-refractivity contribution in [3.05, 3.63) is 61.4 Å². The average Bonchev–Trinajstić information content (AvgIpc) is 2.49. The van der Waals surface area contributed by atoms with Gasteiger partial charge in [0.1, 0.15) is 0 Å². The van der Waals surface area contributed by atoms with Crippen molar-refractivity contribution >= 4 is 0 Å². The minimum absolute atomic E-state index is 0.816. The lowest BCUT2D eigenvalue weighted by molar-refractivity contribution is 1.19. The zero-order valence-electron chi connectivity index (χ0n) is 9.56. The van der Waals surface area contributed by atoms with Gasteiger partial charge >= 0.3 is 0 Å². The fourth-order valence-electron chi connectivity index (χ4n) is 1.65. The molecule has 4 nitrogen and oxygen atoms in total. The van der Waals surface area contributed by atoms with E-state index < -0.39 is 0 Å². The third-order valence-corrected chi connectivity index (χ3v) is 2.57. The molecule has 0 aliphatic rings. The first-order chi connectivity index (χ1) is 8.93. The van der Waals surface area contributed by atoms with Gasteiger partial charge in [-0.3, -0.25) is 19.9 Å². The van der Waals surface area contributed by atoms with Crippen molar-refractivity contribution in [2.45, 2.75) is 0 Å². The molecular formula is C14H10N4. The lowest BCUT2D eigenvalue weighted by Gasteiger charge is -2.02. The Labute approximate surface area is 104 Å². The standard InChI is InChI=1S/C14H10N4/c1-3-11(7-15-5-1)13-9-18-14(10-17-13)12-4-2-6-16-8-12/h1-10H. The van der Waals surface area contributed by atoms with E-state index in [-0.39, 0.29) is 0 Å². The molecule has 0 amide bonds. The summed E-state index contributed by atoms with van der Waals surface area (Å²) >= 11 is 0. The first kappa shape index (κ1) is 10.5. The molecule has 0 fully saturated rings. The first-order valence-corrected chi connectivity index (χ1v) is 5.56. The molecule has 3 heterocycles. The number of aromatic nitrogens is 4. The molecular weight excluding hydrogens is 224 g/mol. The fraction of sp³-hybridized carbons (Fsp3) is 0. The van der Waals surface area contributed by atoms with Gasteiger partial charge in [0.25, 0.3) is 0 Å². The minimum Gasteiger partial charge on any atom is -0.264 e. The Morgan fingerprint density at radius 1 is 0.611 bits per heavy atom. The van der Waals surface area contributed by atoms with Crippen LogP contribution in [-0.2, 0) is 0 Å². The molecule has 0 bridgehead atoms. The molecule has 86 valence electrons. The van der Waals surface area contributed by atoms with Gasteiger partial charge in [-0.1, -0.05) is 0 Å². The van der Waals surface area contributed by atoms with Gasteiger partial charge in [0.2, 0.25) is 0 Å². The molecule has 0 spiro atoms. The maximum Gasteiger partial charge on any atom is 0.0901 e. The number of pyridine rings is 2. The Morgan fingerprint density at radius 2 is 1.11 bits per heavy atom. The quantitative estimate of drug-likeness (QED) is 0.684. The van der Waals surface area contributed by atoms with Crippen LogP contribution in [0.25, 0.3) is 22.5 Å². The van der Waals surface area contributed by atoms with Gasteiger partial charge in [-0.2, -0.15) is 0 Å². The van der Waals surface area contributed by atoms with Crippen molar-refractivity contribution in [2.24, 2.45) is 0 Å². The molecule has 0 aliphatic heterocycles. The molecule has 4 heteroatoms. The van der Waals surface area contributed by atoms with E-state index in [1.165, 1.54) is 0 Å². The van der Waals surface area contributed by atoms with E-state index in [0.29, 0.717) is 0 Å². The summed E-state index contributed by atoms with van der Waals surface area (Å²) in [5.74, 6) is 0. The minimum atomic E-state index is 0.816. The van der Waals surface area contributed by atoms with E-state index in [4.69, 9.17) is 0 Å². The molecule has 0 aromatic carbocycles. The Balaban J connectivity index is 1.95. The van der Waals surface area contributed by atoms with Crippen LogP contribution in [0.5, 0.6) is 0 Å². The predicted octanol–water partition coefficient (Wildman–Crippen LogP) is 2.60. The molecule has 18 heavy (non-hydrogen) atoms. The summed E-state index contributed by atoms with van der Waals surface area (Å²) in [4.78, 5) is 16.9. The van der Waals surface area contributed by atoms with Crippen molar-refractivity contribution in [1.29, 1.82) is 0 Å². The molecule has 3 rings (SSSR count). The van der Waals surface area contributed by atoms with Crippen LogP contribution in [-0.4, -0.2) is 19.9 Å². The monoisotopic (exact) mass is 234 g/mol. The lowest BCUT2D eigenvalue weighted by atomic mass is 10.2. The highest BCUT2D eigenvalue weighted by Crippen LogP contribution is 2.18. The molecule has 3 aromatic rings. The zero-order valence-corrected chi connectivity index (χ0v) is 9.56. The third kappa shape index (κ3) is 2.08. The van der Waals surface area contributed by atoms with Crippen LogP contribution in [0.2, 0.25) is 0 Å². The first-order valence-electron chi connectivity index (χ1n) is 5.56. The molecule has 0 saturated carbocycles. The second-order valence-corrected chi connectivity index (χ2v) is 3.77. The Morgan fingerprint density at radius 3 is 1.44 bits per heavy atom. The van der Waals surface area contributed by atoms with E-state index in [1.54, 1.807) is 37.2 Å². The Bertz CT molecular complexity index is 562. The second kappa shape index (κ2) is 4.71. The highest BCUT2D eigenvalue weighted by molar-refractivity contribution is 5.61. The van der Waals surface area contributed by atoms with Crippen molar-refractivity contribution in [2.75, 3.05) is 0 Å². The van der Waals surface area contributed by atoms with Crippen LogP contribution < -0.4 is 0 Å². The highest BCUT2D eigenvalue weighted by atomic mass is 14.8. The van der Waals surface area contributed by atoms with Crippen molar-refractivity contribution in [1.82, 2.24) is 19.9 Å². The van der Waals surface area contributed by atoms with Crippen LogP contribution in [0.15, 0.2) is 61.4 Å². The van der Waals surface area contributed by atoms with E-state index in [9.17, 15) is 0 Å². The maximum absolute atomic E-state index is 4.40. The summed E-state index contributed by atoms with van der Waals surface area (Å²) in [6, 6.07) is 7.68. The van der Waals surface area contributed by atoms with E-state index in [2.05, 4.69) is 19.9 Å². The lowest BCUT2D eigenvalue weighted by Crippen LogP contribution is -1.89. The van der Waals surface area contributed by atoms with Crippen LogP contribution in [0.3, 0.4) is 0 Å². The SMILES string of the molecule is c1cncc(-c2cnc(-c3cccnc3)cn2)c1. The van der Waals surface area contributed by atoms with Gasteiger partial charge in [-0.25, -0.2) is 0 Å². The van der Waals surface area contributed by atoms with Crippen LogP contribution in [0.1, 0.15) is 0 Å². The molecule has 0 unspecified atom stereocenters. The molecule has 0 saturated heterocycles. The number of hydrogen-bond donors (Lipinski definition) is 0. The maximum atomic E-state index is 4.40. The highest BCUT2D eigenvalue weighted by Gasteiger charge is 2.02. The largest absolute Gasteiger partial charge is 0.264 e. The predicted molar refractivity (Wildman–Crippen MR) is 68.5 cm³/mol. The van der Waals surface area contributed by atoms with E-state index in [1.807, 2.05) is 24.3 Å². The van der Waals surface area contributed by atoms with Crippen molar-refractivity contribution in [3.8, 4) is 22.5 Å². The third-order valence-electron chi connectivity index (χ3n) is 2.57. The molecule has 0 aliphatic carbocycles. The molecule has 3 aromatic heterocycles. The van der Waals surface area contributed by atoms with E-state index in [0.717, 1.165) is 22.5 Å². The van der Waals surface area contributed by atoms with E-state index >= 15 is 0 Å². The van der Waals surface area contributed by atoms with Crippen molar-refractivity contribution in [3.63, 3.8) is 0 Å². The second-order valence-electron chi connectivity index (χ2n) is 3.77. The summed E-state index contributed by atoms with van der Waals surface area (Å²) in [6.07, 6.45) is 10.5. The van der Waals surface area contributed by atoms with Gasteiger partial charge < -0.3 is 0 Å². The zero-order chi connectivity index (χ0) is 12.2. The van der Waals surface area contributed by atoms with Crippen LogP contribution in [0, 0.1) is 0 Å². The van der Waals surface area contributed by atoms with Gasteiger partial charge in [0, 0.05) is 35.9 Å². The van der Waals surface area contributed by atoms with Gasteiger partial charge in [0.15, 0.2) is 0 Å². The van der Waals surface area contributed by atoms with Crippen LogP contribution in [0.4, 0.5) is 0 Å². The Hall–Kier alpha value is -2.62. The summed E-state index contributed by atoms with van der Waals surface area (Å²) < 4.78 is 0. The van der Waals surface area contributed by atoms with Crippen molar-refractivity contribution < 1.29 is 0 Å². The average molecular weight is 234 g/mol. The van der Waals surface area contributed by atoms with Gasteiger partial charge in [-0.05, 0) is 24.3 Å². The topological polar surface area (TPSA) is 51.6 Å². The molecule has 0 atom stereocenters. The number of hydrogen-bond acceptors (Lipinski definition) is 4. The summed E-state index contributed by atoms with van der Waals surface area (Å²) in [7, 11) is 0. The summed E-state index contributed by atoms with van der Waals surface area (Å²) in [5.41, 5.74) is 3.55. The number of rotatable bonds is 2. The fourth-order valence-corrected chi connectivity index (χ4v) is 1.65. The van der Waals surface area contributed by atoms with Gasteiger partial charge in [0.05, 0.1) is 23.8 Å².